The second-order valence-electron chi connectivity index (χ2n) is 4.89. The maximum atomic E-state index is 12.3. The van der Waals surface area contributed by atoms with Gasteiger partial charge in [0.2, 0.25) is 5.52 Å². The SMILES string of the molecule is Cc1ccc(S(=O)(=O)Nc2c[nH+]c3ccccc3c2)cc1. The highest BCUT2D eigenvalue weighted by molar-refractivity contribution is 7.92. The molecule has 0 aliphatic heterocycles. The molecule has 0 aliphatic rings. The highest BCUT2D eigenvalue weighted by atomic mass is 32.2. The van der Waals surface area contributed by atoms with Crippen molar-refractivity contribution >= 4 is 26.6 Å². The number of hydrogen-bond donors (Lipinski definition) is 1. The number of nitrogens with one attached hydrogen (secondary N) is 2. The molecule has 0 bridgehead atoms. The predicted molar refractivity (Wildman–Crippen MR) is 82.5 cm³/mol. The molecule has 0 saturated carbocycles. The zero-order chi connectivity index (χ0) is 14.9. The van der Waals surface area contributed by atoms with Crippen molar-refractivity contribution in [2.75, 3.05) is 4.72 Å². The van der Waals surface area contributed by atoms with Crippen LogP contribution in [0.5, 0.6) is 0 Å². The average molecular weight is 299 g/mol. The first-order valence-corrected chi connectivity index (χ1v) is 8.03. The van der Waals surface area contributed by atoms with Gasteiger partial charge in [0, 0.05) is 11.5 Å². The molecule has 0 spiro atoms. The zero-order valence-corrected chi connectivity index (χ0v) is 12.3. The molecule has 106 valence electrons. The van der Waals surface area contributed by atoms with Crippen LogP contribution in [-0.4, -0.2) is 8.42 Å². The number of aryl methyl sites for hydroxylation is 1. The van der Waals surface area contributed by atoms with E-state index in [1.54, 1.807) is 36.5 Å². The molecule has 0 amide bonds. The van der Waals surface area contributed by atoms with Crippen LogP contribution in [-0.2, 0) is 10.0 Å². The fourth-order valence-electron chi connectivity index (χ4n) is 2.11. The molecular weight excluding hydrogens is 284 g/mol. The van der Waals surface area contributed by atoms with E-state index < -0.39 is 10.0 Å². The number of H-pyrrole nitrogens is 1. The molecule has 0 fully saturated rings. The Bertz CT molecular complexity index is 888. The van der Waals surface area contributed by atoms with Crippen LogP contribution in [0.15, 0.2) is 65.7 Å². The minimum atomic E-state index is -3.57. The number of pyridine rings is 1. The third-order valence-electron chi connectivity index (χ3n) is 3.24. The van der Waals surface area contributed by atoms with Crippen molar-refractivity contribution in [1.82, 2.24) is 0 Å². The minimum absolute atomic E-state index is 0.251. The summed E-state index contributed by atoms with van der Waals surface area (Å²) in [6.07, 6.45) is 1.65. The van der Waals surface area contributed by atoms with Gasteiger partial charge < -0.3 is 0 Å². The van der Waals surface area contributed by atoms with Gasteiger partial charge in [-0.25, -0.2) is 13.4 Å². The van der Waals surface area contributed by atoms with Crippen molar-refractivity contribution in [3.05, 3.63) is 66.4 Å². The van der Waals surface area contributed by atoms with Crippen molar-refractivity contribution < 1.29 is 13.4 Å². The molecular formula is C16H15N2O2S+. The first-order chi connectivity index (χ1) is 10.0. The van der Waals surface area contributed by atoms with E-state index in [1.165, 1.54) is 0 Å². The lowest BCUT2D eigenvalue weighted by atomic mass is 10.2. The highest BCUT2D eigenvalue weighted by Crippen LogP contribution is 2.18. The van der Waals surface area contributed by atoms with E-state index in [0.717, 1.165) is 16.5 Å². The van der Waals surface area contributed by atoms with Gasteiger partial charge in [0.05, 0.1) is 4.90 Å². The Morgan fingerprint density at radius 1 is 1.00 bits per heavy atom. The number of fused-ring (bicyclic) bond motifs is 1. The van der Waals surface area contributed by atoms with E-state index in [4.69, 9.17) is 0 Å². The van der Waals surface area contributed by atoms with E-state index >= 15 is 0 Å². The van der Waals surface area contributed by atoms with E-state index in [1.807, 2.05) is 31.2 Å². The molecule has 0 unspecified atom stereocenters. The molecule has 3 rings (SSSR count). The largest absolute Gasteiger partial charge is 0.274 e. The summed E-state index contributed by atoms with van der Waals surface area (Å²) in [4.78, 5) is 3.33. The predicted octanol–water partition coefficient (Wildman–Crippen LogP) is 2.76. The highest BCUT2D eigenvalue weighted by Gasteiger charge is 2.15. The number of aromatic nitrogens is 1. The Morgan fingerprint density at radius 3 is 2.48 bits per heavy atom. The number of hydrogen-bond acceptors (Lipinski definition) is 2. The zero-order valence-electron chi connectivity index (χ0n) is 11.5. The third kappa shape index (κ3) is 2.87. The standard InChI is InChI=1S/C16H14N2O2S/c1-12-6-8-15(9-7-12)21(19,20)18-14-10-13-4-2-3-5-16(13)17-11-14/h2-11,18H,1H3/p+1. The fraction of sp³-hybridized carbons (Fsp3) is 0.0625. The second-order valence-corrected chi connectivity index (χ2v) is 6.58. The maximum Gasteiger partial charge on any atom is 0.262 e. The molecule has 5 heteroatoms. The number of aromatic amines is 1. The monoisotopic (exact) mass is 299 g/mol. The quantitative estimate of drug-likeness (QED) is 0.808. The van der Waals surface area contributed by atoms with Crippen molar-refractivity contribution in [3.8, 4) is 0 Å². The summed E-state index contributed by atoms with van der Waals surface area (Å²) in [7, 11) is -3.57. The topological polar surface area (TPSA) is 60.3 Å². The summed E-state index contributed by atoms with van der Waals surface area (Å²) in [6, 6.07) is 16.3. The van der Waals surface area contributed by atoms with Crippen LogP contribution < -0.4 is 9.71 Å². The molecule has 0 aliphatic carbocycles. The summed E-state index contributed by atoms with van der Waals surface area (Å²) in [6.45, 7) is 1.92. The van der Waals surface area contributed by atoms with Gasteiger partial charge in [-0.15, -0.1) is 0 Å². The first kappa shape index (κ1) is 13.6. The van der Waals surface area contributed by atoms with Crippen LogP contribution >= 0.6 is 0 Å². The molecule has 0 atom stereocenters. The molecule has 0 saturated heterocycles. The number of rotatable bonds is 3. The number of anilines is 1. The van der Waals surface area contributed by atoms with E-state index in [0.29, 0.717) is 5.69 Å². The maximum absolute atomic E-state index is 12.3. The Balaban J connectivity index is 1.95. The summed E-state index contributed by atoms with van der Waals surface area (Å²) in [5, 5.41) is 0.946. The lowest BCUT2D eigenvalue weighted by Crippen LogP contribution is -2.15. The van der Waals surface area contributed by atoms with Crippen LogP contribution in [0.1, 0.15) is 5.56 Å². The Morgan fingerprint density at radius 2 is 1.71 bits per heavy atom. The smallest absolute Gasteiger partial charge is 0.262 e. The Hall–Kier alpha value is -2.40. The van der Waals surface area contributed by atoms with Gasteiger partial charge in [-0.3, -0.25) is 4.72 Å². The van der Waals surface area contributed by atoms with Crippen LogP contribution in [0.4, 0.5) is 5.69 Å². The van der Waals surface area contributed by atoms with Crippen LogP contribution in [0.3, 0.4) is 0 Å². The van der Waals surface area contributed by atoms with Crippen molar-refractivity contribution in [1.29, 1.82) is 0 Å². The van der Waals surface area contributed by atoms with Gasteiger partial charge in [-0.1, -0.05) is 29.8 Å². The Labute approximate surface area is 123 Å². The molecule has 0 radical (unpaired) electrons. The Kier molecular flexibility index (Phi) is 3.35. The normalized spacial score (nSPS) is 11.5. The van der Waals surface area contributed by atoms with Crippen LogP contribution in [0.2, 0.25) is 0 Å². The molecule has 21 heavy (non-hydrogen) atoms. The molecule has 4 nitrogen and oxygen atoms in total. The van der Waals surface area contributed by atoms with Gasteiger partial charge in [0.15, 0.2) is 6.20 Å². The summed E-state index contributed by atoms with van der Waals surface area (Å²) in [5.41, 5.74) is 2.48. The first-order valence-electron chi connectivity index (χ1n) is 6.54. The summed E-state index contributed by atoms with van der Waals surface area (Å²) < 4.78 is 27.2. The van der Waals surface area contributed by atoms with Crippen LogP contribution in [0, 0.1) is 6.92 Å². The van der Waals surface area contributed by atoms with Gasteiger partial charge in [-0.2, -0.15) is 0 Å². The molecule has 1 heterocycles. The van der Waals surface area contributed by atoms with Gasteiger partial charge in [0.25, 0.3) is 10.0 Å². The van der Waals surface area contributed by atoms with Gasteiger partial charge >= 0.3 is 0 Å². The third-order valence-corrected chi connectivity index (χ3v) is 4.64. The van der Waals surface area contributed by atoms with Gasteiger partial charge in [0.1, 0.15) is 5.69 Å². The summed E-state index contributed by atoms with van der Waals surface area (Å²) >= 11 is 0. The molecule has 2 aromatic carbocycles. The lowest BCUT2D eigenvalue weighted by molar-refractivity contribution is -0.343. The van der Waals surface area contributed by atoms with Crippen molar-refractivity contribution in [3.63, 3.8) is 0 Å². The van der Waals surface area contributed by atoms with E-state index in [9.17, 15) is 8.42 Å². The van der Waals surface area contributed by atoms with Crippen molar-refractivity contribution in [2.24, 2.45) is 0 Å². The van der Waals surface area contributed by atoms with Crippen LogP contribution in [0.25, 0.3) is 10.9 Å². The minimum Gasteiger partial charge on any atom is -0.274 e. The molecule has 1 aromatic heterocycles. The average Bonchev–Trinajstić information content (AvgIpc) is 2.47. The lowest BCUT2D eigenvalue weighted by Gasteiger charge is -2.07. The second kappa shape index (κ2) is 5.18. The van der Waals surface area contributed by atoms with Crippen molar-refractivity contribution in [2.45, 2.75) is 11.8 Å². The van der Waals surface area contributed by atoms with E-state index in [2.05, 4.69) is 9.71 Å². The number of para-hydroxylation sites is 1. The number of sulfonamides is 1. The van der Waals surface area contributed by atoms with Gasteiger partial charge in [-0.05, 0) is 31.2 Å². The summed E-state index contributed by atoms with van der Waals surface area (Å²) in [5.74, 6) is 0. The fourth-order valence-corrected chi connectivity index (χ4v) is 3.15. The molecule has 3 aromatic rings. The van der Waals surface area contributed by atoms with E-state index in [-0.39, 0.29) is 4.90 Å². The number of benzene rings is 2. The molecule has 2 N–H and O–H groups in total.